The summed E-state index contributed by atoms with van der Waals surface area (Å²) in [6.45, 7) is 8.25. The molecule has 0 saturated carbocycles. The first-order valence-corrected chi connectivity index (χ1v) is 12.0. The van der Waals surface area contributed by atoms with Crippen LogP contribution < -0.4 is 20.3 Å². The highest BCUT2D eigenvalue weighted by Crippen LogP contribution is 2.51. The number of halogens is 1. The van der Waals surface area contributed by atoms with Crippen molar-refractivity contribution in [1.82, 2.24) is 15.2 Å². The van der Waals surface area contributed by atoms with Gasteiger partial charge < -0.3 is 29.8 Å². The summed E-state index contributed by atoms with van der Waals surface area (Å²) >= 11 is 3.51. The van der Waals surface area contributed by atoms with E-state index >= 15 is 0 Å². The number of aromatic amines is 1. The number of benzene rings is 1. The summed E-state index contributed by atoms with van der Waals surface area (Å²) in [6, 6.07) is 3.56. The van der Waals surface area contributed by atoms with Gasteiger partial charge in [0, 0.05) is 54.9 Å². The Morgan fingerprint density at radius 3 is 2.47 bits per heavy atom. The molecule has 2 aliphatic heterocycles. The van der Waals surface area contributed by atoms with E-state index in [1.165, 1.54) is 4.90 Å². The number of fused-ring (bicyclic) bond motifs is 1. The predicted octanol–water partition coefficient (Wildman–Crippen LogP) is 3.87. The van der Waals surface area contributed by atoms with E-state index in [1.54, 1.807) is 13.0 Å². The molecule has 2 aliphatic rings. The van der Waals surface area contributed by atoms with Crippen molar-refractivity contribution >= 4 is 27.9 Å². The number of carbonyl (C=O) groups excluding carboxylic acids is 1. The van der Waals surface area contributed by atoms with Gasteiger partial charge in [-0.3, -0.25) is 9.59 Å². The molecule has 0 bridgehead atoms. The van der Waals surface area contributed by atoms with E-state index < -0.39 is 11.9 Å². The van der Waals surface area contributed by atoms with Crippen molar-refractivity contribution in [3.05, 3.63) is 54.9 Å². The van der Waals surface area contributed by atoms with Gasteiger partial charge in [0.15, 0.2) is 11.5 Å². The minimum atomic E-state index is -0.957. The first-order chi connectivity index (χ1) is 16.0. The average Bonchev–Trinajstić information content (AvgIpc) is 3.15. The zero-order chi connectivity index (χ0) is 24.8. The number of nitrogens with zero attached hydrogens (tertiary/aromatic N) is 1. The van der Waals surface area contributed by atoms with Gasteiger partial charge in [-0.1, -0.05) is 0 Å². The molecule has 1 aromatic heterocycles. The van der Waals surface area contributed by atoms with Crippen LogP contribution in [-0.4, -0.2) is 45.9 Å². The molecule has 1 fully saturated rings. The molecule has 0 aliphatic carbocycles. The Morgan fingerprint density at radius 1 is 1.21 bits per heavy atom. The third kappa shape index (κ3) is 4.38. The first kappa shape index (κ1) is 24.1. The number of rotatable bonds is 4. The second kappa shape index (κ2) is 8.98. The van der Waals surface area contributed by atoms with E-state index in [-0.39, 0.29) is 23.9 Å². The maximum atomic E-state index is 13.0. The van der Waals surface area contributed by atoms with Gasteiger partial charge in [-0.05, 0) is 67.2 Å². The Kier molecular flexibility index (Phi) is 6.37. The molecule has 4 rings (SSSR count). The van der Waals surface area contributed by atoms with Crippen LogP contribution in [0.25, 0.3) is 0 Å². The Labute approximate surface area is 205 Å². The third-order valence-corrected chi connectivity index (χ3v) is 7.31. The summed E-state index contributed by atoms with van der Waals surface area (Å²) in [5.74, 6) is -0.264. The number of ether oxygens (including phenoxy) is 2. The zero-order valence-corrected chi connectivity index (χ0v) is 21.2. The van der Waals surface area contributed by atoms with Crippen molar-refractivity contribution in [2.75, 3.05) is 13.1 Å². The number of piperidine rings is 1. The van der Waals surface area contributed by atoms with Gasteiger partial charge in [0.2, 0.25) is 0 Å². The Hall–Kier alpha value is -3.01. The van der Waals surface area contributed by atoms with Crippen LogP contribution in [-0.2, 0) is 6.54 Å². The molecule has 1 aromatic carbocycles. The maximum absolute atomic E-state index is 13.0. The van der Waals surface area contributed by atoms with Crippen molar-refractivity contribution in [3.8, 4) is 11.5 Å². The smallest absolute Gasteiger partial charge is 0.407 e. The van der Waals surface area contributed by atoms with Crippen molar-refractivity contribution in [2.45, 2.75) is 52.9 Å². The number of hydrogen-bond donors (Lipinski definition) is 3. The molecule has 2 aromatic rings. The highest BCUT2D eigenvalue weighted by atomic mass is 79.9. The average molecular weight is 534 g/mol. The summed E-state index contributed by atoms with van der Waals surface area (Å²) in [5.41, 5.74) is 2.93. The molecule has 2 amide bonds. The standard InChI is InChI=1S/C24H28BrN3O6/c1-12-9-13(2)27-22(30)17(12)11-26-21(29)16-10-18(25)20-19(14(16)3)33-24(4,34-20)15-5-7-28(8-6-15)23(31)32/h9-10,15H,5-8,11H2,1-4H3,(H,26,29)(H,27,30)(H,31,32)/t24-/m1/s1. The van der Waals surface area contributed by atoms with E-state index in [0.717, 1.165) is 11.3 Å². The Balaban J connectivity index is 1.52. The summed E-state index contributed by atoms with van der Waals surface area (Å²) in [5, 5.41) is 12.0. The van der Waals surface area contributed by atoms with Crippen molar-refractivity contribution in [2.24, 2.45) is 5.92 Å². The minimum Gasteiger partial charge on any atom is -0.465 e. The monoisotopic (exact) mass is 533 g/mol. The molecule has 1 atom stereocenters. The van der Waals surface area contributed by atoms with Gasteiger partial charge in [-0.2, -0.15) is 0 Å². The van der Waals surface area contributed by atoms with E-state index in [1.807, 2.05) is 26.8 Å². The number of amides is 2. The predicted molar refractivity (Wildman–Crippen MR) is 129 cm³/mol. The number of likely N-dealkylation sites (tertiary alicyclic amines) is 1. The SMILES string of the molecule is Cc1cc(C)c(CNC(=O)c2cc(Br)c3c(c2C)O[C@@](C)(C2CCN(C(=O)O)CC2)O3)c(=O)[nH]1. The topological polar surface area (TPSA) is 121 Å². The fourth-order valence-corrected chi connectivity index (χ4v) is 5.20. The largest absolute Gasteiger partial charge is 0.465 e. The molecular formula is C24H28BrN3O6. The van der Waals surface area contributed by atoms with Gasteiger partial charge in [0.05, 0.1) is 4.47 Å². The molecule has 1 saturated heterocycles. The normalized spacial score (nSPS) is 19.9. The van der Waals surface area contributed by atoms with Crippen molar-refractivity contribution in [3.63, 3.8) is 0 Å². The van der Waals surface area contributed by atoms with E-state index in [4.69, 9.17) is 9.47 Å². The highest BCUT2D eigenvalue weighted by molar-refractivity contribution is 9.10. The summed E-state index contributed by atoms with van der Waals surface area (Å²) in [6.07, 6.45) is 0.313. The van der Waals surface area contributed by atoms with Crippen LogP contribution in [0, 0.1) is 26.7 Å². The number of nitrogens with one attached hydrogen (secondary N) is 2. The quantitative estimate of drug-likeness (QED) is 0.548. The number of aryl methyl sites for hydroxylation is 2. The second-order valence-electron chi connectivity index (χ2n) is 9.08. The number of H-pyrrole nitrogens is 1. The number of carbonyl (C=O) groups is 2. The van der Waals surface area contributed by atoms with Crippen LogP contribution in [0.3, 0.4) is 0 Å². The number of aromatic nitrogens is 1. The lowest BCUT2D eigenvalue weighted by Gasteiger charge is -2.37. The lowest BCUT2D eigenvalue weighted by atomic mass is 9.89. The first-order valence-electron chi connectivity index (χ1n) is 11.2. The van der Waals surface area contributed by atoms with Crippen molar-refractivity contribution < 1.29 is 24.2 Å². The molecule has 34 heavy (non-hydrogen) atoms. The summed E-state index contributed by atoms with van der Waals surface area (Å²) in [7, 11) is 0. The Bertz CT molecular complexity index is 1220. The minimum absolute atomic E-state index is 0.00434. The second-order valence-corrected chi connectivity index (χ2v) is 9.93. The molecule has 9 nitrogen and oxygen atoms in total. The number of carboxylic acid groups (broad SMARTS) is 1. The molecule has 0 radical (unpaired) electrons. The molecule has 10 heteroatoms. The Morgan fingerprint density at radius 2 is 1.85 bits per heavy atom. The molecule has 182 valence electrons. The maximum Gasteiger partial charge on any atom is 0.407 e. The summed E-state index contributed by atoms with van der Waals surface area (Å²) < 4.78 is 13.1. The summed E-state index contributed by atoms with van der Waals surface area (Å²) in [4.78, 5) is 40.7. The van der Waals surface area contributed by atoms with E-state index in [0.29, 0.717) is 58.6 Å². The van der Waals surface area contributed by atoms with Crippen LogP contribution >= 0.6 is 15.9 Å². The number of pyridine rings is 1. The lowest BCUT2D eigenvalue weighted by molar-refractivity contribution is -0.123. The molecule has 3 N–H and O–H groups in total. The fourth-order valence-electron chi connectivity index (χ4n) is 4.71. The highest BCUT2D eigenvalue weighted by Gasteiger charge is 2.47. The third-order valence-electron chi connectivity index (χ3n) is 6.72. The van der Waals surface area contributed by atoms with Gasteiger partial charge in [-0.15, -0.1) is 0 Å². The van der Waals surface area contributed by atoms with Gasteiger partial charge in [0.1, 0.15) is 0 Å². The van der Waals surface area contributed by atoms with E-state index in [9.17, 15) is 19.5 Å². The van der Waals surface area contributed by atoms with Crippen LogP contribution in [0.5, 0.6) is 11.5 Å². The zero-order valence-electron chi connectivity index (χ0n) is 19.6. The molecule has 0 spiro atoms. The fraction of sp³-hybridized carbons (Fsp3) is 0.458. The van der Waals surface area contributed by atoms with Crippen LogP contribution in [0.2, 0.25) is 0 Å². The van der Waals surface area contributed by atoms with Crippen molar-refractivity contribution in [1.29, 1.82) is 0 Å². The van der Waals surface area contributed by atoms with Crippen LogP contribution in [0.1, 0.15) is 52.5 Å². The van der Waals surface area contributed by atoms with Gasteiger partial charge >= 0.3 is 6.09 Å². The van der Waals surface area contributed by atoms with E-state index in [2.05, 4.69) is 26.2 Å². The molecule has 0 unspecified atom stereocenters. The number of hydrogen-bond acceptors (Lipinski definition) is 5. The van der Waals surface area contributed by atoms with Crippen LogP contribution in [0.15, 0.2) is 21.4 Å². The van der Waals surface area contributed by atoms with Gasteiger partial charge in [-0.25, -0.2) is 4.79 Å². The lowest BCUT2D eigenvalue weighted by Crippen LogP contribution is -2.49. The molecule has 3 heterocycles. The van der Waals surface area contributed by atoms with Crippen LogP contribution in [0.4, 0.5) is 4.79 Å². The van der Waals surface area contributed by atoms with Gasteiger partial charge in [0.25, 0.3) is 17.3 Å². The molecular weight excluding hydrogens is 506 g/mol.